The maximum atomic E-state index is 12.1. The first kappa shape index (κ1) is 14.0. The summed E-state index contributed by atoms with van der Waals surface area (Å²) in [5, 5.41) is 0. The van der Waals surface area contributed by atoms with Crippen LogP contribution < -0.4 is 10.9 Å². The molecule has 2 rings (SSSR count). The number of amides is 1. The van der Waals surface area contributed by atoms with Crippen LogP contribution in [0, 0.1) is 12.3 Å². The van der Waals surface area contributed by atoms with Crippen molar-refractivity contribution in [3.63, 3.8) is 0 Å². The van der Waals surface area contributed by atoms with Crippen LogP contribution in [0.2, 0.25) is 0 Å². The number of hydrogen-bond acceptors (Lipinski definition) is 4. The molecule has 2 N–H and O–H groups in total. The quantitative estimate of drug-likeness (QED) is 0.816. The van der Waals surface area contributed by atoms with Gasteiger partial charge in [-0.05, 0) is 36.4 Å². The van der Waals surface area contributed by atoms with Crippen molar-refractivity contribution in [1.29, 1.82) is 0 Å². The van der Waals surface area contributed by atoms with Gasteiger partial charge in [-0.15, -0.1) is 0 Å². The molecule has 102 valence electrons. The molecule has 4 nitrogen and oxygen atoms in total. The smallest absolute Gasteiger partial charge is 0.267 e. The number of aryl methyl sites for hydroxylation is 1. The van der Waals surface area contributed by atoms with Crippen molar-refractivity contribution in [2.75, 3.05) is 0 Å². The summed E-state index contributed by atoms with van der Waals surface area (Å²) in [6, 6.07) is 7.53. The van der Waals surface area contributed by atoms with E-state index in [9.17, 15) is 4.79 Å². The second-order valence-electron chi connectivity index (χ2n) is 5.58. The largest absolute Gasteiger partial charge is 0.298 e. The van der Waals surface area contributed by atoms with E-state index >= 15 is 0 Å². The second-order valence-corrected chi connectivity index (χ2v) is 6.57. The van der Waals surface area contributed by atoms with Crippen LogP contribution in [0.4, 0.5) is 0 Å². The fraction of sp³-hybridized carbons (Fsp3) is 0.357. The zero-order valence-corrected chi connectivity index (χ0v) is 12.5. The lowest BCUT2D eigenvalue weighted by molar-refractivity contribution is 0.0871. The van der Waals surface area contributed by atoms with Crippen molar-refractivity contribution in [3.8, 4) is 0 Å². The highest BCUT2D eigenvalue weighted by molar-refractivity contribution is 8.01. The summed E-state index contributed by atoms with van der Waals surface area (Å²) in [5.41, 5.74) is 7.65. The Labute approximate surface area is 118 Å². The number of carbonyl (C=O) groups is 1. The van der Waals surface area contributed by atoms with Crippen molar-refractivity contribution in [2.45, 2.75) is 27.7 Å². The monoisotopic (exact) mass is 277 g/mol. The van der Waals surface area contributed by atoms with Crippen LogP contribution in [0.3, 0.4) is 0 Å². The highest BCUT2D eigenvalue weighted by atomic mass is 32.2. The van der Waals surface area contributed by atoms with Gasteiger partial charge in [0, 0.05) is 16.7 Å². The van der Waals surface area contributed by atoms with Crippen LogP contribution in [-0.4, -0.2) is 10.4 Å². The molecule has 0 aromatic heterocycles. The number of nitrogens with zero attached hydrogens (tertiary/aromatic N) is 1. The zero-order chi connectivity index (χ0) is 14.0. The molecule has 0 aliphatic carbocycles. The molecule has 1 aliphatic heterocycles. The Hall–Kier alpha value is -1.46. The molecular formula is C14H19N3OS. The highest BCUT2D eigenvalue weighted by Gasteiger charge is 2.26. The summed E-state index contributed by atoms with van der Waals surface area (Å²) in [7, 11) is 0. The van der Waals surface area contributed by atoms with Gasteiger partial charge in [-0.1, -0.05) is 43.0 Å². The summed E-state index contributed by atoms with van der Waals surface area (Å²) >= 11 is 1.50. The third-order valence-electron chi connectivity index (χ3n) is 2.73. The fourth-order valence-corrected chi connectivity index (χ4v) is 2.43. The summed E-state index contributed by atoms with van der Waals surface area (Å²) in [6.45, 7) is 8.39. The van der Waals surface area contributed by atoms with E-state index in [2.05, 4.69) is 31.6 Å². The molecule has 0 spiro atoms. The molecule has 19 heavy (non-hydrogen) atoms. The summed E-state index contributed by atoms with van der Waals surface area (Å²) < 4.78 is 1.63. The van der Waals surface area contributed by atoms with Gasteiger partial charge in [-0.3, -0.25) is 15.6 Å². The lowest BCUT2D eigenvalue weighted by Crippen LogP contribution is -2.41. The Morgan fingerprint density at radius 3 is 2.68 bits per heavy atom. The molecule has 0 saturated carbocycles. The van der Waals surface area contributed by atoms with Gasteiger partial charge in [0.1, 0.15) is 0 Å². The average Bonchev–Trinajstić information content (AvgIpc) is 2.77. The molecule has 0 fully saturated rings. The van der Waals surface area contributed by atoms with E-state index in [0.717, 1.165) is 5.56 Å². The Bertz CT molecular complexity index is 520. The molecule has 1 aromatic carbocycles. The lowest BCUT2D eigenvalue weighted by Gasteiger charge is -2.21. The molecule has 0 atom stereocenters. The Morgan fingerprint density at radius 2 is 2.11 bits per heavy atom. The molecule has 0 saturated heterocycles. The molecule has 0 bridgehead atoms. The summed E-state index contributed by atoms with van der Waals surface area (Å²) in [5.74, 6) is -0.118. The summed E-state index contributed by atoms with van der Waals surface area (Å²) in [4.78, 5) is 13.3. The Balaban J connectivity index is 1.96. The van der Waals surface area contributed by atoms with Crippen molar-refractivity contribution in [3.05, 3.63) is 46.5 Å². The number of allylic oxidation sites excluding steroid dienone is 1. The van der Waals surface area contributed by atoms with Gasteiger partial charge in [0.05, 0.1) is 0 Å². The van der Waals surface area contributed by atoms with Gasteiger partial charge in [-0.25, -0.2) is 0 Å². The van der Waals surface area contributed by atoms with Gasteiger partial charge in [-0.2, -0.15) is 0 Å². The van der Waals surface area contributed by atoms with E-state index in [4.69, 9.17) is 0 Å². The molecule has 0 unspecified atom stereocenters. The predicted octanol–water partition coefficient (Wildman–Crippen LogP) is 3.00. The van der Waals surface area contributed by atoms with Crippen LogP contribution in [-0.2, 0) is 0 Å². The van der Waals surface area contributed by atoms with Gasteiger partial charge < -0.3 is 0 Å². The summed E-state index contributed by atoms with van der Waals surface area (Å²) in [6.07, 6.45) is 1.92. The minimum Gasteiger partial charge on any atom is -0.298 e. The molecule has 1 aliphatic rings. The van der Waals surface area contributed by atoms with Crippen molar-refractivity contribution >= 4 is 17.9 Å². The van der Waals surface area contributed by atoms with Crippen LogP contribution in [0.5, 0.6) is 0 Å². The Kier molecular flexibility index (Phi) is 3.87. The third kappa shape index (κ3) is 3.52. The van der Waals surface area contributed by atoms with Gasteiger partial charge in [0.2, 0.25) is 0 Å². The normalized spacial score (nSPS) is 15.9. The molecule has 1 aromatic rings. The van der Waals surface area contributed by atoms with Gasteiger partial charge in [0.15, 0.2) is 0 Å². The number of benzene rings is 1. The molecule has 0 radical (unpaired) electrons. The lowest BCUT2D eigenvalue weighted by atomic mass is 9.97. The number of carbonyl (C=O) groups excluding carboxylic acids is 1. The number of rotatable bonds is 2. The van der Waals surface area contributed by atoms with E-state index in [1.54, 1.807) is 10.6 Å². The topological polar surface area (TPSA) is 44.4 Å². The molecule has 1 heterocycles. The van der Waals surface area contributed by atoms with Crippen molar-refractivity contribution in [2.24, 2.45) is 5.41 Å². The minimum atomic E-state index is -0.118. The van der Waals surface area contributed by atoms with Crippen molar-refractivity contribution < 1.29 is 4.79 Å². The number of nitrogens with one attached hydrogen (secondary N) is 2. The van der Waals surface area contributed by atoms with Gasteiger partial charge >= 0.3 is 0 Å². The van der Waals surface area contributed by atoms with Crippen LogP contribution in [0.1, 0.15) is 36.7 Å². The van der Waals surface area contributed by atoms with Crippen LogP contribution >= 0.6 is 11.9 Å². The first-order chi connectivity index (χ1) is 8.86. The number of hydrazine groups is 2. The van der Waals surface area contributed by atoms with Gasteiger partial charge in [0.25, 0.3) is 5.91 Å². The zero-order valence-electron chi connectivity index (χ0n) is 11.7. The number of hydrogen-bond donors (Lipinski definition) is 2. The van der Waals surface area contributed by atoms with Crippen LogP contribution in [0.25, 0.3) is 0 Å². The van der Waals surface area contributed by atoms with Crippen molar-refractivity contribution in [1.82, 2.24) is 15.4 Å². The predicted molar refractivity (Wildman–Crippen MR) is 78.7 cm³/mol. The van der Waals surface area contributed by atoms with E-state index < -0.39 is 0 Å². The maximum absolute atomic E-state index is 12.1. The van der Waals surface area contributed by atoms with E-state index in [-0.39, 0.29) is 11.3 Å². The SMILES string of the molecule is Cc1cccc(C(=O)NN2NC=C(C(C)(C)C)S2)c1. The van der Waals surface area contributed by atoms with E-state index in [1.165, 1.54) is 16.9 Å². The Morgan fingerprint density at radius 1 is 1.37 bits per heavy atom. The third-order valence-corrected chi connectivity index (χ3v) is 4.03. The maximum Gasteiger partial charge on any atom is 0.267 e. The highest BCUT2D eigenvalue weighted by Crippen LogP contribution is 2.37. The first-order valence-corrected chi connectivity index (χ1v) is 6.96. The minimum absolute atomic E-state index is 0.0699. The molecule has 1 amide bonds. The average molecular weight is 277 g/mol. The standard InChI is InChI=1S/C14H19N3OS/c1-10-6-5-7-11(8-10)13(18)16-17-15-9-12(19-17)14(2,3)4/h5-9,15H,1-4H3,(H,16,18). The fourth-order valence-electron chi connectivity index (χ4n) is 1.62. The second kappa shape index (κ2) is 5.27. The molecule has 5 heteroatoms. The molecular weight excluding hydrogens is 258 g/mol. The van der Waals surface area contributed by atoms with E-state index in [1.807, 2.05) is 31.3 Å². The van der Waals surface area contributed by atoms with E-state index in [0.29, 0.717) is 5.56 Å². The first-order valence-electron chi connectivity index (χ1n) is 6.19. The van der Waals surface area contributed by atoms with Crippen LogP contribution in [0.15, 0.2) is 35.4 Å².